The number of aliphatic hydroxyl groups excluding tert-OH is 1. The highest BCUT2D eigenvalue weighted by Gasteiger charge is 2.14. The van der Waals surface area contributed by atoms with E-state index in [1.54, 1.807) is 18.2 Å². The average molecular weight is 221 g/mol. The lowest BCUT2D eigenvalue weighted by molar-refractivity contribution is 0.166. The van der Waals surface area contributed by atoms with Gasteiger partial charge in [-0.1, -0.05) is 11.2 Å². The van der Waals surface area contributed by atoms with Crippen molar-refractivity contribution in [1.82, 2.24) is 0 Å². The molecule has 1 aromatic rings. The van der Waals surface area contributed by atoms with Crippen molar-refractivity contribution in [2.75, 3.05) is 19.8 Å². The lowest BCUT2D eigenvalue weighted by Gasteiger charge is -2.19. The van der Waals surface area contributed by atoms with Gasteiger partial charge in [0.25, 0.3) is 0 Å². The van der Waals surface area contributed by atoms with Crippen LogP contribution in [0, 0.1) is 0 Å². The molecule has 0 saturated heterocycles. The molecule has 84 valence electrons. The van der Waals surface area contributed by atoms with Crippen LogP contribution in [-0.2, 0) is 0 Å². The Morgan fingerprint density at radius 2 is 2.12 bits per heavy atom. The highest BCUT2D eigenvalue weighted by atomic mass is 16.6. The van der Waals surface area contributed by atoms with Crippen molar-refractivity contribution in [3.8, 4) is 11.5 Å². The van der Waals surface area contributed by atoms with E-state index < -0.39 is 6.10 Å². The van der Waals surface area contributed by atoms with E-state index in [9.17, 15) is 5.11 Å². The molecule has 6 heteroatoms. The van der Waals surface area contributed by atoms with Crippen LogP contribution in [0.2, 0.25) is 0 Å². The first-order chi connectivity index (χ1) is 7.81. The molecule has 2 rings (SSSR count). The Labute approximate surface area is 92.0 Å². The molecule has 6 nitrogen and oxygen atoms in total. The number of hydrogen-bond acceptors (Lipinski definition) is 4. The first-order valence-electron chi connectivity index (χ1n) is 4.89. The second-order valence-electron chi connectivity index (χ2n) is 3.33. The minimum absolute atomic E-state index is 0.0101. The molecule has 1 heterocycles. The predicted molar refractivity (Wildman–Crippen MR) is 56.4 cm³/mol. The zero-order valence-corrected chi connectivity index (χ0v) is 8.54. The number of nitrogens with zero attached hydrogens (tertiary/aromatic N) is 3. The zero-order chi connectivity index (χ0) is 11.4. The van der Waals surface area contributed by atoms with Crippen molar-refractivity contribution < 1.29 is 14.6 Å². The average Bonchev–Trinajstić information content (AvgIpc) is 2.35. The van der Waals surface area contributed by atoms with Gasteiger partial charge in [0.2, 0.25) is 0 Å². The lowest BCUT2D eigenvalue weighted by Crippen LogP contribution is -2.15. The third kappa shape index (κ3) is 2.18. The van der Waals surface area contributed by atoms with Crippen LogP contribution in [0.4, 0.5) is 0 Å². The van der Waals surface area contributed by atoms with E-state index in [4.69, 9.17) is 15.0 Å². The number of azide groups is 1. The van der Waals surface area contributed by atoms with E-state index in [0.717, 1.165) is 0 Å². The quantitative estimate of drug-likeness (QED) is 0.479. The van der Waals surface area contributed by atoms with Gasteiger partial charge < -0.3 is 14.6 Å². The van der Waals surface area contributed by atoms with Crippen molar-refractivity contribution in [3.63, 3.8) is 0 Å². The molecule has 1 atom stereocenters. The molecule has 0 unspecified atom stereocenters. The number of aliphatic hydroxyl groups is 1. The fourth-order valence-electron chi connectivity index (χ4n) is 1.49. The van der Waals surface area contributed by atoms with Crippen molar-refractivity contribution in [1.29, 1.82) is 0 Å². The lowest BCUT2D eigenvalue weighted by atomic mass is 10.1. The van der Waals surface area contributed by atoms with Crippen LogP contribution < -0.4 is 9.47 Å². The van der Waals surface area contributed by atoms with Crippen molar-refractivity contribution >= 4 is 0 Å². The van der Waals surface area contributed by atoms with Crippen LogP contribution in [-0.4, -0.2) is 24.9 Å². The second kappa shape index (κ2) is 4.74. The Kier molecular flexibility index (Phi) is 3.14. The largest absolute Gasteiger partial charge is 0.486 e. The Balaban J connectivity index is 2.19. The summed E-state index contributed by atoms with van der Waals surface area (Å²) in [5.41, 5.74) is 8.81. The third-order valence-corrected chi connectivity index (χ3v) is 2.27. The molecular formula is C10H11N3O3. The van der Waals surface area contributed by atoms with Gasteiger partial charge in [-0.05, 0) is 23.2 Å². The van der Waals surface area contributed by atoms with Crippen molar-refractivity contribution in [3.05, 3.63) is 34.2 Å². The minimum atomic E-state index is -0.813. The summed E-state index contributed by atoms with van der Waals surface area (Å²) < 4.78 is 10.7. The van der Waals surface area contributed by atoms with E-state index in [2.05, 4.69) is 10.0 Å². The molecule has 0 amide bonds. The maximum Gasteiger partial charge on any atom is 0.161 e. The van der Waals surface area contributed by atoms with Gasteiger partial charge in [-0.25, -0.2) is 0 Å². The summed E-state index contributed by atoms with van der Waals surface area (Å²) in [7, 11) is 0. The summed E-state index contributed by atoms with van der Waals surface area (Å²) in [6.07, 6.45) is -0.813. The summed E-state index contributed by atoms with van der Waals surface area (Å²) in [4.78, 5) is 2.60. The highest BCUT2D eigenvalue weighted by Crippen LogP contribution is 2.32. The molecule has 0 spiro atoms. The van der Waals surface area contributed by atoms with Gasteiger partial charge in [-0.15, -0.1) is 0 Å². The van der Waals surface area contributed by atoms with E-state index in [1.807, 2.05) is 0 Å². The topological polar surface area (TPSA) is 87.5 Å². The molecule has 0 radical (unpaired) electrons. The summed E-state index contributed by atoms with van der Waals surface area (Å²) in [6.45, 7) is 1.05. The van der Waals surface area contributed by atoms with Crippen LogP contribution >= 0.6 is 0 Å². The normalized spacial score (nSPS) is 15.1. The van der Waals surface area contributed by atoms with Gasteiger partial charge in [-0.2, -0.15) is 0 Å². The monoisotopic (exact) mass is 221 g/mol. The number of rotatable bonds is 3. The van der Waals surface area contributed by atoms with Crippen LogP contribution in [0.1, 0.15) is 11.7 Å². The number of fused-ring (bicyclic) bond motifs is 1. The smallest absolute Gasteiger partial charge is 0.161 e. The third-order valence-electron chi connectivity index (χ3n) is 2.27. The molecule has 0 aromatic heterocycles. The Morgan fingerprint density at radius 1 is 1.38 bits per heavy atom. The fraction of sp³-hybridized carbons (Fsp3) is 0.400. The second-order valence-corrected chi connectivity index (χ2v) is 3.33. The first kappa shape index (κ1) is 10.6. The van der Waals surface area contributed by atoms with Crippen molar-refractivity contribution in [2.24, 2.45) is 5.11 Å². The molecule has 1 aromatic carbocycles. The molecule has 1 N–H and O–H groups in total. The zero-order valence-electron chi connectivity index (χ0n) is 8.54. The molecular weight excluding hydrogens is 210 g/mol. The molecule has 0 bridgehead atoms. The van der Waals surface area contributed by atoms with Crippen LogP contribution in [0.15, 0.2) is 23.3 Å². The van der Waals surface area contributed by atoms with Crippen LogP contribution in [0.25, 0.3) is 10.4 Å². The van der Waals surface area contributed by atoms with Gasteiger partial charge in [0, 0.05) is 4.91 Å². The Bertz CT molecular complexity index is 429. The van der Waals surface area contributed by atoms with Gasteiger partial charge >= 0.3 is 0 Å². The van der Waals surface area contributed by atoms with Crippen LogP contribution in [0.3, 0.4) is 0 Å². The molecule has 1 aliphatic rings. The highest BCUT2D eigenvalue weighted by molar-refractivity contribution is 5.44. The summed E-state index contributed by atoms with van der Waals surface area (Å²) in [6, 6.07) is 5.17. The van der Waals surface area contributed by atoms with Gasteiger partial charge in [0.1, 0.15) is 13.2 Å². The number of benzene rings is 1. The Hall–Kier alpha value is -1.91. The molecule has 1 aliphatic heterocycles. The molecule has 0 saturated carbocycles. The van der Waals surface area contributed by atoms with E-state index in [-0.39, 0.29) is 6.54 Å². The van der Waals surface area contributed by atoms with Gasteiger partial charge in [0.15, 0.2) is 11.5 Å². The summed E-state index contributed by atoms with van der Waals surface area (Å²) in [5.74, 6) is 1.29. The molecule has 0 aliphatic carbocycles. The maximum absolute atomic E-state index is 9.69. The first-order valence-corrected chi connectivity index (χ1v) is 4.89. The predicted octanol–water partition coefficient (Wildman–Crippen LogP) is 1.80. The SMILES string of the molecule is [N-]=[N+]=NC[C@H](O)c1ccc2c(c1)OCCO2. The van der Waals surface area contributed by atoms with E-state index >= 15 is 0 Å². The standard InChI is InChI=1S/C10H11N3O3/c11-13-12-6-8(14)7-1-2-9-10(5-7)16-4-3-15-9/h1-2,5,8,14H,3-4,6H2/t8-/m0/s1. The number of hydrogen-bond donors (Lipinski definition) is 1. The van der Waals surface area contributed by atoms with Crippen LogP contribution in [0.5, 0.6) is 11.5 Å². The van der Waals surface area contributed by atoms with Gasteiger partial charge in [0.05, 0.1) is 12.6 Å². The molecule has 0 fully saturated rings. The number of ether oxygens (including phenoxy) is 2. The Morgan fingerprint density at radius 3 is 2.88 bits per heavy atom. The van der Waals surface area contributed by atoms with E-state index in [1.165, 1.54) is 0 Å². The minimum Gasteiger partial charge on any atom is -0.486 e. The molecule has 16 heavy (non-hydrogen) atoms. The fourth-order valence-corrected chi connectivity index (χ4v) is 1.49. The summed E-state index contributed by atoms with van der Waals surface area (Å²) in [5, 5.41) is 13.0. The summed E-state index contributed by atoms with van der Waals surface area (Å²) >= 11 is 0. The van der Waals surface area contributed by atoms with Crippen molar-refractivity contribution in [2.45, 2.75) is 6.10 Å². The van der Waals surface area contributed by atoms with E-state index in [0.29, 0.717) is 30.3 Å². The van der Waals surface area contributed by atoms with Gasteiger partial charge in [-0.3, -0.25) is 0 Å². The maximum atomic E-state index is 9.69.